The quantitative estimate of drug-likeness (QED) is 0.595. The lowest BCUT2D eigenvalue weighted by atomic mass is 9.95. The molecule has 0 amide bonds. The summed E-state index contributed by atoms with van der Waals surface area (Å²) in [6, 6.07) is 13.0. The SMILES string of the molecule is CCOC(=O)[C@@H]1CCN(S(=O)(=O)c2ccc(C)cc2)c2ccccc2C1=O. The summed E-state index contributed by atoms with van der Waals surface area (Å²) < 4.78 is 32.7. The van der Waals surface area contributed by atoms with E-state index in [0.29, 0.717) is 0 Å². The van der Waals surface area contributed by atoms with E-state index in [1.165, 1.54) is 4.31 Å². The Morgan fingerprint density at radius 2 is 1.81 bits per heavy atom. The molecule has 1 atom stereocenters. The monoisotopic (exact) mass is 387 g/mol. The van der Waals surface area contributed by atoms with Crippen molar-refractivity contribution in [3.05, 3.63) is 59.7 Å². The number of para-hydroxylation sites is 1. The lowest BCUT2D eigenvalue weighted by molar-refractivity contribution is -0.146. The van der Waals surface area contributed by atoms with Crippen LogP contribution in [0.2, 0.25) is 0 Å². The molecule has 3 rings (SSSR count). The standard InChI is InChI=1S/C20H21NO5S/c1-3-26-20(23)17-12-13-21(18-7-5-4-6-16(18)19(17)22)27(24,25)15-10-8-14(2)9-11-15/h4-11,17H,3,12-13H2,1-2H3/t17-/m1/s1. The highest BCUT2D eigenvalue weighted by Gasteiger charge is 2.38. The van der Waals surface area contributed by atoms with Gasteiger partial charge in [-0.3, -0.25) is 13.9 Å². The van der Waals surface area contributed by atoms with Gasteiger partial charge in [0.2, 0.25) is 0 Å². The van der Waals surface area contributed by atoms with Crippen LogP contribution in [0.3, 0.4) is 0 Å². The highest BCUT2D eigenvalue weighted by atomic mass is 32.2. The lowest BCUT2D eigenvalue weighted by Gasteiger charge is -2.24. The van der Waals surface area contributed by atoms with E-state index >= 15 is 0 Å². The van der Waals surface area contributed by atoms with Crippen molar-refractivity contribution in [3.63, 3.8) is 0 Å². The Bertz CT molecular complexity index is 966. The number of carbonyl (C=O) groups excluding carboxylic acids is 2. The van der Waals surface area contributed by atoms with E-state index in [1.54, 1.807) is 55.5 Å². The number of rotatable bonds is 4. The minimum absolute atomic E-state index is 0.0163. The van der Waals surface area contributed by atoms with Crippen molar-refractivity contribution in [1.29, 1.82) is 0 Å². The first-order valence-electron chi connectivity index (χ1n) is 8.75. The molecular weight excluding hydrogens is 366 g/mol. The zero-order valence-corrected chi connectivity index (χ0v) is 16.0. The summed E-state index contributed by atoms with van der Waals surface area (Å²) in [5.74, 6) is -2.04. The van der Waals surface area contributed by atoms with Gasteiger partial charge in [0.15, 0.2) is 5.78 Å². The van der Waals surface area contributed by atoms with Crippen LogP contribution < -0.4 is 4.31 Å². The second-order valence-corrected chi connectivity index (χ2v) is 8.23. The van der Waals surface area contributed by atoms with Crippen molar-refractivity contribution < 1.29 is 22.7 Å². The maximum absolute atomic E-state index is 13.2. The molecule has 0 radical (unpaired) electrons. The summed E-state index contributed by atoms with van der Waals surface area (Å²) in [7, 11) is -3.87. The molecule has 1 aliphatic rings. The molecule has 0 aliphatic carbocycles. The first kappa shape index (κ1) is 19.1. The molecule has 2 aromatic carbocycles. The Hall–Kier alpha value is -2.67. The number of esters is 1. The molecule has 1 heterocycles. The number of hydrogen-bond acceptors (Lipinski definition) is 5. The predicted molar refractivity (Wildman–Crippen MR) is 101 cm³/mol. The average Bonchev–Trinajstić information content (AvgIpc) is 2.80. The van der Waals surface area contributed by atoms with Gasteiger partial charge in [-0.2, -0.15) is 0 Å². The summed E-state index contributed by atoms with van der Waals surface area (Å²) >= 11 is 0. The summed E-state index contributed by atoms with van der Waals surface area (Å²) in [5.41, 5.74) is 1.45. The lowest BCUT2D eigenvalue weighted by Crippen LogP contribution is -2.33. The Balaban J connectivity index is 2.07. The van der Waals surface area contributed by atoms with Gasteiger partial charge < -0.3 is 4.74 Å². The molecule has 0 spiro atoms. The number of sulfonamides is 1. The molecule has 0 saturated carbocycles. The molecule has 0 fully saturated rings. The van der Waals surface area contributed by atoms with E-state index in [2.05, 4.69) is 0 Å². The zero-order chi connectivity index (χ0) is 19.6. The van der Waals surface area contributed by atoms with Gasteiger partial charge in [0, 0.05) is 12.1 Å². The van der Waals surface area contributed by atoms with Crippen molar-refractivity contribution in [2.45, 2.75) is 25.2 Å². The molecular formula is C20H21NO5S. The highest BCUT2D eigenvalue weighted by Crippen LogP contribution is 2.33. The molecule has 7 heteroatoms. The molecule has 0 unspecified atom stereocenters. The van der Waals surface area contributed by atoms with Gasteiger partial charge >= 0.3 is 5.97 Å². The molecule has 27 heavy (non-hydrogen) atoms. The number of aryl methyl sites for hydroxylation is 1. The Labute approximate surface area is 158 Å². The number of carbonyl (C=O) groups is 2. The fraction of sp³-hybridized carbons (Fsp3) is 0.300. The zero-order valence-electron chi connectivity index (χ0n) is 15.2. The van der Waals surface area contributed by atoms with Crippen LogP contribution in [0, 0.1) is 12.8 Å². The van der Waals surface area contributed by atoms with E-state index < -0.39 is 27.7 Å². The third kappa shape index (κ3) is 3.60. The Kier molecular flexibility index (Phi) is 5.32. The first-order valence-corrected chi connectivity index (χ1v) is 10.2. The van der Waals surface area contributed by atoms with Crippen LogP contribution in [0.5, 0.6) is 0 Å². The van der Waals surface area contributed by atoms with Gasteiger partial charge in [-0.1, -0.05) is 29.8 Å². The third-order valence-electron chi connectivity index (χ3n) is 4.56. The van der Waals surface area contributed by atoms with Crippen LogP contribution in [0.4, 0.5) is 5.69 Å². The van der Waals surface area contributed by atoms with Gasteiger partial charge in [0.05, 0.1) is 17.2 Å². The summed E-state index contributed by atoms with van der Waals surface area (Å²) in [6.45, 7) is 3.72. The van der Waals surface area contributed by atoms with Crippen molar-refractivity contribution in [2.24, 2.45) is 5.92 Å². The number of ether oxygens (including phenoxy) is 1. The van der Waals surface area contributed by atoms with Gasteiger partial charge in [-0.25, -0.2) is 8.42 Å². The number of Topliss-reactive ketones (excluding diaryl/α,β-unsaturated/α-hetero) is 1. The fourth-order valence-electron chi connectivity index (χ4n) is 3.14. The Morgan fingerprint density at radius 1 is 1.15 bits per heavy atom. The molecule has 142 valence electrons. The van der Waals surface area contributed by atoms with Crippen molar-refractivity contribution >= 4 is 27.5 Å². The minimum Gasteiger partial charge on any atom is -0.465 e. The summed E-state index contributed by atoms with van der Waals surface area (Å²) in [6.07, 6.45) is 0.0669. The van der Waals surface area contributed by atoms with E-state index in [-0.39, 0.29) is 35.7 Å². The van der Waals surface area contributed by atoms with E-state index in [9.17, 15) is 18.0 Å². The second kappa shape index (κ2) is 7.52. The number of anilines is 1. The normalized spacial score (nSPS) is 17.2. The predicted octanol–water partition coefficient (Wildman–Crippen LogP) is 2.96. The molecule has 2 aromatic rings. The van der Waals surface area contributed by atoms with Crippen LogP contribution in [0.1, 0.15) is 29.3 Å². The van der Waals surface area contributed by atoms with E-state index in [1.807, 2.05) is 6.92 Å². The van der Waals surface area contributed by atoms with Crippen molar-refractivity contribution in [3.8, 4) is 0 Å². The molecule has 0 bridgehead atoms. The maximum atomic E-state index is 13.2. The third-order valence-corrected chi connectivity index (χ3v) is 6.38. The molecule has 1 aliphatic heterocycles. The van der Waals surface area contributed by atoms with Crippen LogP contribution in [-0.4, -0.2) is 33.3 Å². The van der Waals surface area contributed by atoms with Gasteiger partial charge in [-0.05, 0) is 44.5 Å². The minimum atomic E-state index is -3.87. The second-order valence-electron chi connectivity index (χ2n) is 6.36. The smallest absolute Gasteiger partial charge is 0.316 e. The highest BCUT2D eigenvalue weighted by molar-refractivity contribution is 7.92. The van der Waals surface area contributed by atoms with Crippen LogP contribution >= 0.6 is 0 Å². The topological polar surface area (TPSA) is 80.8 Å². The van der Waals surface area contributed by atoms with Gasteiger partial charge in [0.1, 0.15) is 5.92 Å². The van der Waals surface area contributed by atoms with Crippen LogP contribution in [0.25, 0.3) is 0 Å². The van der Waals surface area contributed by atoms with E-state index in [0.717, 1.165) is 5.56 Å². The largest absolute Gasteiger partial charge is 0.465 e. The van der Waals surface area contributed by atoms with Gasteiger partial charge in [0.25, 0.3) is 10.0 Å². The number of ketones is 1. The molecule has 6 nitrogen and oxygen atoms in total. The van der Waals surface area contributed by atoms with Gasteiger partial charge in [-0.15, -0.1) is 0 Å². The summed E-state index contributed by atoms with van der Waals surface area (Å²) in [4.78, 5) is 25.3. The average molecular weight is 387 g/mol. The number of hydrogen-bond donors (Lipinski definition) is 0. The first-order chi connectivity index (χ1) is 12.9. The van der Waals surface area contributed by atoms with Crippen LogP contribution in [0.15, 0.2) is 53.4 Å². The molecule has 0 aromatic heterocycles. The number of fused-ring (bicyclic) bond motifs is 1. The molecule has 0 saturated heterocycles. The van der Waals surface area contributed by atoms with Crippen molar-refractivity contribution in [2.75, 3.05) is 17.5 Å². The molecule has 0 N–H and O–H groups in total. The summed E-state index contributed by atoms with van der Waals surface area (Å²) in [5, 5.41) is 0. The number of nitrogens with zero attached hydrogens (tertiary/aromatic N) is 1. The van der Waals surface area contributed by atoms with Crippen molar-refractivity contribution in [1.82, 2.24) is 0 Å². The number of benzene rings is 2. The van der Waals surface area contributed by atoms with E-state index in [4.69, 9.17) is 4.74 Å². The fourth-order valence-corrected chi connectivity index (χ4v) is 4.64. The van der Waals surface area contributed by atoms with Crippen LogP contribution in [-0.2, 0) is 19.6 Å². The maximum Gasteiger partial charge on any atom is 0.316 e. The Morgan fingerprint density at radius 3 is 2.48 bits per heavy atom.